The molecular formula is C25H40O3. The molecule has 0 atom stereocenters. The first-order chi connectivity index (χ1) is 13.7. The summed E-state index contributed by atoms with van der Waals surface area (Å²) in [6.45, 7) is 4.31. The summed E-state index contributed by atoms with van der Waals surface area (Å²) in [7, 11) is 0. The second-order valence-corrected chi connectivity index (χ2v) is 7.64. The lowest BCUT2D eigenvalue weighted by Crippen LogP contribution is -2.07. The van der Waals surface area contributed by atoms with Crippen molar-refractivity contribution in [3.05, 3.63) is 35.9 Å². The van der Waals surface area contributed by atoms with Gasteiger partial charge in [0.05, 0.1) is 0 Å². The summed E-state index contributed by atoms with van der Waals surface area (Å²) in [6, 6.07) is 5.03. The second-order valence-electron chi connectivity index (χ2n) is 7.64. The number of benzene rings is 1. The fourth-order valence-electron chi connectivity index (χ4n) is 3.26. The quantitative estimate of drug-likeness (QED) is 0.138. The van der Waals surface area contributed by atoms with Crippen molar-refractivity contribution in [2.45, 2.75) is 104 Å². The summed E-state index contributed by atoms with van der Waals surface area (Å²) in [6.07, 6.45) is 20.2. The Labute approximate surface area is 172 Å². The maximum absolute atomic E-state index is 12.0. The summed E-state index contributed by atoms with van der Waals surface area (Å²) < 4.78 is 5.40. The van der Waals surface area contributed by atoms with Crippen LogP contribution in [0.2, 0.25) is 0 Å². The molecule has 0 amide bonds. The highest BCUT2D eigenvalue weighted by Gasteiger charge is 2.07. The van der Waals surface area contributed by atoms with Crippen LogP contribution in [-0.4, -0.2) is 11.1 Å². The smallest absolute Gasteiger partial charge is 0.311 e. The number of esters is 1. The molecular weight excluding hydrogens is 348 g/mol. The number of hydrogen-bond donors (Lipinski definition) is 1. The molecule has 1 aromatic rings. The molecule has 0 heterocycles. The van der Waals surface area contributed by atoms with Crippen molar-refractivity contribution in [1.82, 2.24) is 0 Å². The number of carbonyl (C=O) groups is 1. The molecule has 3 nitrogen and oxygen atoms in total. The largest absolute Gasteiger partial charge is 0.508 e. The zero-order valence-corrected chi connectivity index (χ0v) is 18.0. The van der Waals surface area contributed by atoms with Crippen molar-refractivity contribution in [3.63, 3.8) is 0 Å². The Morgan fingerprint density at radius 1 is 0.893 bits per heavy atom. The van der Waals surface area contributed by atoms with Crippen LogP contribution in [0.1, 0.15) is 103 Å². The van der Waals surface area contributed by atoms with E-state index in [4.69, 9.17) is 4.74 Å². The van der Waals surface area contributed by atoms with Crippen LogP contribution in [0.15, 0.2) is 30.4 Å². The number of phenolic OH excluding ortho intramolecular Hbond substituents is 1. The predicted octanol–water partition coefficient (Wildman–Crippen LogP) is 7.51. The lowest BCUT2D eigenvalue weighted by molar-refractivity contribution is -0.134. The van der Waals surface area contributed by atoms with Gasteiger partial charge in [-0.2, -0.15) is 0 Å². The third-order valence-electron chi connectivity index (χ3n) is 4.94. The Morgan fingerprint density at radius 2 is 1.54 bits per heavy atom. The highest BCUT2D eigenvalue weighted by Crippen LogP contribution is 2.24. The molecule has 0 aliphatic carbocycles. The van der Waals surface area contributed by atoms with E-state index in [2.05, 4.69) is 26.0 Å². The first-order valence-corrected chi connectivity index (χ1v) is 11.3. The molecule has 0 bridgehead atoms. The topological polar surface area (TPSA) is 46.5 Å². The van der Waals surface area contributed by atoms with Gasteiger partial charge in [0.25, 0.3) is 0 Å². The number of allylic oxidation sites excluding steroid dienone is 2. The van der Waals surface area contributed by atoms with E-state index >= 15 is 0 Å². The number of hydrogen-bond acceptors (Lipinski definition) is 3. The lowest BCUT2D eigenvalue weighted by atomic mass is 10.1. The van der Waals surface area contributed by atoms with Gasteiger partial charge in [0.1, 0.15) is 11.5 Å². The van der Waals surface area contributed by atoms with E-state index in [-0.39, 0.29) is 11.7 Å². The molecule has 0 fully saturated rings. The number of aryl methyl sites for hydroxylation is 1. The normalized spacial score (nSPS) is 11.2. The Bertz CT molecular complexity index is 563. The molecule has 0 radical (unpaired) electrons. The van der Waals surface area contributed by atoms with Gasteiger partial charge in [-0.25, -0.2) is 0 Å². The standard InChI is InChI=1S/C25H40O3/c1-3-5-6-7-8-9-10-11-12-13-14-15-16-18-25(27)28-23-19-20-24(26)22(21-23)17-4-2/h9-10,19-21,26H,3-8,11-18H2,1-2H3/b10-9-. The Balaban J connectivity index is 2.04. The van der Waals surface area contributed by atoms with Crippen molar-refractivity contribution >= 4 is 5.97 Å². The van der Waals surface area contributed by atoms with Gasteiger partial charge in [-0.1, -0.05) is 70.9 Å². The van der Waals surface area contributed by atoms with Crippen LogP contribution in [-0.2, 0) is 11.2 Å². The van der Waals surface area contributed by atoms with Crippen LogP contribution >= 0.6 is 0 Å². The monoisotopic (exact) mass is 388 g/mol. The van der Waals surface area contributed by atoms with Crippen LogP contribution < -0.4 is 4.74 Å². The summed E-state index contributed by atoms with van der Waals surface area (Å²) >= 11 is 0. The van der Waals surface area contributed by atoms with Crippen LogP contribution in [0.5, 0.6) is 11.5 Å². The number of rotatable bonds is 16. The third kappa shape index (κ3) is 11.8. The van der Waals surface area contributed by atoms with E-state index in [1.807, 2.05) is 0 Å². The highest BCUT2D eigenvalue weighted by molar-refractivity contribution is 5.72. The number of unbranched alkanes of at least 4 members (excludes halogenated alkanes) is 9. The van der Waals surface area contributed by atoms with Crippen LogP contribution in [0.4, 0.5) is 0 Å². The van der Waals surface area contributed by atoms with E-state index in [1.54, 1.807) is 18.2 Å². The predicted molar refractivity (Wildman–Crippen MR) is 118 cm³/mol. The van der Waals surface area contributed by atoms with E-state index in [0.29, 0.717) is 12.2 Å². The SMILES string of the molecule is CCCCCC/C=C\CCCCCCCC(=O)Oc1ccc(O)c(CCC)c1. The maximum Gasteiger partial charge on any atom is 0.311 e. The van der Waals surface area contributed by atoms with E-state index in [1.165, 1.54) is 57.8 Å². The maximum atomic E-state index is 12.0. The molecule has 0 aliphatic heterocycles. The number of phenols is 1. The van der Waals surface area contributed by atoms with Gasteiger partial charge in [-0.3, -0.25) is 4.79 Å². The van der Waals surface area contributed by atoms with Gasteiger partial charge in [0.2, 0.25) is 0 Å². The average molecular weight is 389 g/mol. The molecule has 1 aromatic carbocycles. The van der Waals surface area contributed by atoms with Crippen molar-refractivity contribution in [2.75, 3.05) is 0 Å². The molecule has 0 unspecified atom stereocenters. The second kappa shape index (κ2) is 16.2. The Morgan fingerprint density at radius 3 is 2.21 bits per heavy atom. The fourth-order valence-corrected chi connectivity index (χ4v) is 3.26. The van der Waals surface area contributed by atoms with Gasteiger partial charge < -0.3 is 9.84 Å². The molecule has 0 saturated carbocycles. The molecule has 0 saturated heterocycles. The molecule has 1 rings (SSSR count). The zero-order chi connectivity index (χ0) is 20.5. The van der Waals surface area contributed by atoms with Crippen LogP contribution in [0.3, 0.4) is 0 Å². The first-order valence-electron chi connectivity index (χ1n) is 11.3. The first kappa shape index (κ1) is 24.3. The number of carbonyl (C=O) groups excluding carboxylic acids is 1. The van der Waals surface area contributed by atoms with Crippen molar-refractivity contribution in [1.29, 1.82) is 0 Å². The Kier molecular flexibility index (Phi) is 14.0. The van der Waals surface area contributed by atoms with Crippen molar-refractivity contribution in [2.24, 2.45) is 0 Å². The molecule has 3 heteroatoms. The number of aromatic hydroxyl groups is 1. The average Bonchev–Trinajstić information content (AvgIpc) is 2.68. The molecule has 1 N–H and O–H groups in total. The summed E-state index contributed by atoms with van der Waals surface area (Å²) in [5, 5.41) is 9.79. The minimum atomic E-state index is -0.181. The third-order valence-corrected chi connectivity index (χ3v) is 4.94. The summed E-state index contributed by atoms with van der Waals surface area (Å²) in [5.41, 5.74) is 0.836. The van der Waals surface area contributed by atoms with Crippen LogP contribution in [0, 0.1) is 0 Å². The van der Waals surface area contributed by atoms with E-state index in [9.17, 15) is 9.90 Å². The molecule has 0 aliphatic rings. The summed E-state index contributed by atoms with van der Waals surface area (Å²) in [5.74, 6) is 0.625. The van der Waals surface area contributed by atoms with Gasteiger partial charge in [0, 0.05) is 6.42 Å². The van der Waals surface area contributed by atoms with Crippen molar-refractivity contribution < 1.29 is 14.6 Å². The minimum absolute atomic E-state index is 0.181. The summed E-state index contributed by atoms with van der Waals surface area (Å²) in [4.78, 5) is 12.0. The Hall–Kier alpha value is -1.77. The zero-order valence-electron chi connectivity index (χ0n) is 18.0. The number of ether oxygens (including phenoxy) is 1. The molecule has 0 spiro atoms. The van der Waals surface area contributed by atoms with E-state index in [0.717, 1.165) is 31.2 Å². The van der Waals surface area contributed by atoms with Crippen LogP contribution in [0.25, 0.3) is 0 Å². The molecule has 158 valence electrons. The highest BCUT2D eigenvalue weighted by atomic mass is 16.5. The van der Waals surface area contributed by atoms with E-state index < -0.39 is 0 Å². The molecule has 0 aromatic heterocycles. The minimum Gasteiger partial charge on any atom is -0.508 e. The lowest BCUT2D eigenvalue weighted by Gasteiger charge is -2.08. The van der Waals surface area contributed by atoms with Gasteiger partial charge in [-0.05, 0) is 62.3 Å². The van der Waals surface area contributed by atoms with Gasteiger partial charge >= 0.3 is 5.97 Å². The van der Waals surface area contributed by atoms with Crippen molar-refractivity contribution in [3.8, 4) is 11.5 Å². The van der Waals surface area contributed by atoms with Gasteiger partial charge in [-0.15, -0.1) is 0 Å². The fraction of sp³-hybridized carbons (Fsp3) is 0.640. The molecule has 28 heavy (non-hydrogen) atoms. The van der Waals surface area contributed by atoms with Gasteiger partial charge in [0.15, 0.2) is 0 Å².